The molecule has 3 atom stereocenters. The van der Waals surface area contributed by atoms with Gasteiger partial charge in [-0.3, -0.25) is 4.79 Å². The second kappa shape index (κ2) is 7.67. The minimum Gasteiger partial charge on any atom is -0.390 e. The summed E-state index contributed by atoms with van der Waals surface area (Å²) >= 11 is 0. The normalized spacial score (nSPS) is 24.3. The number of anilines is 1. The summed E-state index contributed by atoms with van der Waals surface area (Å²) in [7, 11) is 5.17. The van der Waals surface area contributed by atoms with E-state index >= 15 is 0 Å². The smallest absolute Gasteiger partial charge is 0.270 e. The number of aryl methyl sites for hydroxylation is 1. The third kappa shape index (κ3) is 4.37. The Labute approximate surface area is 135 Å². The van der Waals surface area contributed by atoms with Gasteiger partial charge in [0.05, 0.1) is 19.3 Å². The maximum Gasteiger partial charge on any atom is 0.270 e. The fourth-order valence-electron chi connectivity index (χ4n) is 2.41. The summed E-state index contributed by atoms with van der Waals surface area (Å²) in [5, 5.41) is 13.0. The number of hydrogen-bond acceptors (Lipinski definition) is 7. The third-order valence-corrected chi connectivity index (χ3v) is 3.78. The van der Waals surface area contributed by atoms with E-state index in [4.69, 9.17) is 9.47 Å². The number of carbonyl (C=O) groups excluding carboxylic acids is 1. The van der Waals surface area contributed by atoms with Crippen LogP contribution in [0.2, 0.25) is 0 Å². The monoisotopic (exact) mass is 324 g/mol. The summed E-state index contributed by atoms with van der Waals surface area (Å²) in [4.78, 5) is 22.5. The Morgan fingerprint density at radius 2 is 2.22 bits per heavy atom. The Morgan fingerprint density at radius 1 is 1.48 bits per heavy atom. The van der Waals surface area contributed by atoms with Gasteiger partial charge in [0, 0.05) is 39.4 Å². The predicted molar refractivity (Wildman–Crippen MR) is 84.5 cm³/mol. The summed E-state index contributed by atoms with van der Waals surface area (Å²) in [6, 6.07) is 1.63. The maximum absolute atomic E-state index is 12.3. The number of carbonyl (C=O) groups is 1. The lowest BCUT2D eigenvalue weighted by atomic mass is 9.96. The van der Waals surface area contributed by atoms with Crippen molar-refractivity contribution in [3.63, 3.8) is 0 Å². The van der Waals surface area contributed by atoms with Gasteiger partial charge in [0.1, 0.15) is 11.8 Å². The van der Waals surface area contributed by atoms with E-state index in [0.717, 1.165) is 0 Å². The summed E-state index contributed by atoms with van der Waals surface area (Å²) in [6.07, 6.45) is -1.04. The number of methoxy groups -OCH3 is 1. The van der Waals surface area contributed by atoms with Crippen LogP contribution in [0.15, 0.2) is 6.07 Å². The Hall–Kier alpha value is -1.77. The van der Waals surface area contributed by atoms with Gasteiger partial charge < -0.3 is 24.8 Å². The molecule has 128 valence electrons. The molecule has 0 aliphatic carbocycles. The molecule has 2 heterocycles. The molecule has 1 aliphatic rings. The van der Waals surface area contributed by atoms with Crippen molar-refractivity contribution in [3.05, 3.63) is 17.5 Å². The van der Waals surface area contributed by atoms with Crippen LogP contribution in [0.4, 0.5) is 5.95 Å². The fourth-order valence-corrected chi connectivity index (χ4v) is 2.41. The van der Waals surface area contributed by atoms with E-state index in [2.05, 4.69) is 15.3 Å². The van der Waals surface area contributed by atoms with Gasteiger partial charge in [-0.2, -0.15) is 0 Å². The summed E-state index contributed by atoms with van der Waals surface area (Å²) in [5.74, 6) is -0.0325. The van der Waals surface area contributed by atoms with Gasteiger partial charge in [-0.15, -0.1) is 0 Å². The summed E-state index contributed by atoms with van der Waals surface area (Å²) in [6.45, 7) is 2.85. The first-order valence-corrected chi connectivity index (χ1v) is 7.52. The minimum atomic E-state index is -0.668. The second-order valence-electron chi connectivity index (χ2n) is 5.86. The van der Waals surface area contributed by atoms with Gasteiger partial charge in [-0.05, 0) is 13.0 Å². The van der Waals surface area contributed by atoms with Gasteiger partial charge in [0.15, 0.2) is 0 Å². The fraction of sp³-hybridized carbons (Fsp3) is 0.667. The molecule has 0 unspecified atom stereocenters. The van der Waals surface area contributed by atoms with Gasteiger partial charge in [-0.25, -0.2) is 9.97 Å². The molecular weight excluding hydrogens is 300 g/mol. The highest BCUT2D eigenvalue weighted by molar-refractivity contribution is 5.92. The highest BCUT2D eigenvalue weighted by Gasteiger charge is 2.32. The highest BCUT2D eigenvalue weighted by atomic mass is 16.5. The number of hydrogen-bond donors (Lipinski definition) is 2. The molecule has 2 N–H and O–H groups in total. The van der Waals surface area contributed by atoms with Crippen molar-refractivity contribution >= 4 is 11.9 Å². The minimum absolute atomic E-state index is 0.214. The average molecular weight is 324 g/mol. The van der Waals surface area contributed by atoms with E-state index in [1.54, 1.807) is 11.0 Å². The molecule has 1 fully saturated rings. The molecular formula is C15H24N4O4. The van der Waals surface area contributed by atoms with Crippen LogP contribution in [0.25, 0.3) is 0 Å². The predicted octanol–water partition coefficient (Wildman–Crippen LogP) is -0.397. The van der Waals surface area contributed by atoms with Gasteiger partial charge in [0.25, 0.3) is 5.91 Å². The molecule has 1 aromatic rings. The van der Waals surface area contributed by atoms with Crippen LogP contribution in [0.1, 0.15) is 16.2 Å². The quantitative estimate of drug-likeness (QED) is 0.761. The molecule has 1 aromatic heterocycles. The van der Waals surface area contributed by atoms with Crippen molar-refractivity contribution in [1.82, 2.24) is 15.3 Å². The van der Waals surface area contributed by atoms with E-state index in [1.807, 2.05) is 21.0 Å². The molecule has 1 aliphatic heterocycles. The molecule has 0 bridgehead atoms. The Balaban J connectivity index is 1.99. The van der Waals surface area contributed by atoms with Crippen LogP contribution in [0, 0.1) is 12.8 Å². The third-order valence-electron chi connectivity index (χ3n) is 3.78. The van der Waals surface area contributed by atoms with Crippen LogP contribution in [-0.4, -0.2) is 74.2 Å². The van der Waals surface area contributed by atoms with Crippen LogP contribution in [-0.2, 0) is 9.47 Å². The molecule has 0 spiro atoms. The zero-order chi connectivity index (χ0) is 17.0. The molecule has 1 amide bonds. The standard InChI is InChI=1S/C15H24N4O4/c1-9-5-11(18-15(17-9)19(2)3)14(21)16-6-10-7-23-8-12(22-4)13(10)20/h5,10,12-13,20H,6-8H2,1-4H3,(H,16,21)/t10-,12-,13+/m1/s1. The van der Waals surface area contributed by atoms with E-state index in [0.29, 0.717) is 37.1 Å². The summed E-state index contributed by atoms with van der Waals surface area (Å²) in [5.41, 5.74) is 1.02. The van der Waals surface area contributed by atoms with Gasteiger partial charge in [-0.1, -0.05) is 0 Å². The van der Waals surface area contributed by atoms with Gasteiger partial charge in [0.2, 0.25) is 5.95 Å². The van der Waals surface area contributed by atoms with E-state index in [9.17, 15) is 9.90 Å². The van der Waals surface area contributed by atoms with Crippen molar-refractivity contribution in [2.24, 2.45) is 5.92 Å². The molecule has 0 aromatic carbocycles. The number of ether oxygens (including phenoxy) is 2. The molecule has 8 heteroatoms. The average Bonchev–Trinajstić information content (AvgIpc) is 2.53. The Bertz CT molecular complexity index is 552. The molecule has 1 saturated heterocycles. The first kappa shape index (κ1) is 17.6. The zero-order valence-electron chi connectivity index (χ0n) is 13.9. The number of aromatic nitrogens is 2. The van der Waals surface area contributed by atoms with Crippen LogP contribution < -0.4 is 10.2 Å². The van der Waals surface area contributed by atoms with E-state index in [-0.39, 0.29) is 17.9 Å². The lowest BCUT2D eigenvalue weighted by molar-refractivity contribution is -0.132. The van der Waals surface area contributed by atoms with Crippen molar-refractivity contribution in [2.75, 3.05) is 45.9 Å². The van der Waals surface area contributed by atoms with Crippen LogP contribution >= 0.6 is 0 Å². The van der Waals surface area contributed by atoms with Gasteiger partial charge >= 0.3 is 0 Å². The molecule has 0 radical (unpaired) electrons. The molecule has 8 nitrogen and oxygen atoms in total. The number of aliphatic hydroxyl groups excluding tert-OH is 1. The van der Waals surface area contributed by atoms with Crippen molar-refractivity contribution in [2.45, 2.75) is 19.1 Å². The lowest BCUT2D eigenvalue weighted by Gasteiger charge is -2.33. The van der Waals surface area contributed by atoms with Crippen LogP contribution in [0.3, 0.4) is 0 Å². The summed E-state index contributed by atoms with van der Waals surface area (Å²) < 4.78 is 10.6. The van der Waals surface area contributed by atoms with Crippen molar-refractivity contribution in [3.8, 4) is 0 Å². The lowest BCUT2D eigenvalue weighted by Crippen LogP contribution is -2.49. The maximum atomic E-state index is 12.3. The SMILES string of the molecule is CO[C@@H]1COC[C@@H](CNC(=O)c2cc(C)nc(N(C)C)n2)[C@@H]1O. The number of rotatable bonds is 5. The number of aliphatic hydroxyl groups is 1. The molecule has 0 saturated carbocycles. The largest absolute Gasteiger partial charge is 0.390 e. The zero-order valence-corrected chi connectivity index (χ0v) is 13.9. The van der Waals surface area contributed by atoms with E-state index < -0.39 is 6.10 Å². The first-order valence-electron chi connectivity index (χ1n) is 7.52. The van der Waals surface area contributed by atoms with Crippen molar-refractivity contribution in [1.29, 1.82) is 0 Å². The first-order chi connectivity index (χ1) is 10.9. The Kier molecular flexibility index (Phi) is 5.86. The molecule has 23 heavy (non-hydrogen) atoms. The van der Waals surface area contributed by atoms with Crippen molar-refractivity contribution < 1.29 is 19.4 Å². The molecule has 2 rings (SSSR count). The van der Waals surface area contributed by atoms with Crippen LogP contribution in [0.5, 0.6) is 0 Å². The number of amides is 1. The number of nitrogens with one attached hydrogen (secondary N) is 1. The highest BCUT2D eigenvalue weighted by Crippen LogP contribution is 2.17. The van der Waals surface area contributed by atoms with E-state index in [1.165, 1.54) is 7.11 Å². The second-order valence-corrected chi connectivity index (χ2v) is 5.86. The topological polar surface area (TPSA) is 96.8 Å². The number of nitrogens with zero attached hydrogens (tertiary/aromatic N) is 3. The Morgan fingerprint density at radius 3 is 2.87 bits per heavy atom.